The molecule has 76 valence electrons. The first-order valence-corrected chi connectivity index (χ1v) is 4.70. The Hall–Kier alpha value is -0.550. The lowest BCUT2D eigenvalue weighted by atomic mass is 9.97. The molecule has 2 unspecified atom stereocenters. The van der Waals surface area contributed by atoms with Crippen molar-refractivity contribution in [3.8, 4) is 0 Å². The van der Waals surface area contributed by atoms with E-state index in [4.69, 9.17) is 5.73 Å². The van der Waals surface area contributed by atoms with E-state index in [1.807, 2.05) is 13.8 Å². The first-order chi connectivity index (χ1) is 6.02. The van der Waals surface area contributed by atoms with Gasteiger partial charge in [0.05, 0.1) is 6.04 Å². The molecular formula is C8H16N2O2S. The van der Waals surface area contributed by atoms with Gasteiger partial charge in [-0.3, -0.25) is 14.3 Å². The van der Waals surface area contributed by atoms with Gasteiger partial charge < -0.3 is 5.73 Å². The number of amides is 1. The van der Waals surface area contributed by atoms with Gasteiger partial charge in [0, 0.05) is 0 Å². The molecule has 0 aromatic rings. The highest BCUT2D eigenvalue weighted by molar-refractivity contribution is 7.78. The maximum absolute atomic E-state index is 11.1. The number of ketones is 1. The summed E-state index contributed by atoms with van der Waals surface area (Å²) >= 11 is 3.78. The molecule has 0 aromatic carbocycles. The number of hydrogen-bond donors (Lipinski definition) is 3. The van der Waals surface area contributed by atoms with E-state index in [2.05, 4.69) is 17.5 Å². The third kappa shape index (κ3) is 4.28. The van der Waals surface area contributed by atoms with Crippen LogP contribution in [0, 0.1) is 5.92 Å². The summed E-state index contributed by atoms with van der Waals surface area (Å²) < 4.78 is 2.49. The van der Waals surface area contributed by atoms with Crippen LogP contribution < -0.4 is 10.5 Å². The van der Waals surface area contributed by atoms with Crippen LogP contribution in [0.4, 0.5) is 0 Å². The highest BCUT2D eigenvalue weighted by atomic mass is 32.1. The van der Waals surface area contributed by atoms with Crippen molar-refractivity contribution < 1.29 is 9.59 Å². The quantitative estimate of drug-likeness (QED) is 0.430. The Morgan fingerprint density at radius 2 is 2.08 bits per heavy atom. The van der Waals surface area contributed by atoms with Gasteiger partial charge in [0.25, 0.3) is 5.91 Å². The molecule has 0 fully saturated rings. The van der Waals surface area contributed by atoms with Crippen molar-refractivity contribution in [2.75, 3.05) is 0 Å². The monoisotopic (exact) mass is 204 g/mol. The van der Waals surface area contributed by atoms with Crippen LogP contribution in [0.5, 0.6) is 0 Å². The van der Waals surface area contributed by atoms with Crippen molar-refractivity contribution in [2.45, 2.75) is 32.7 Å². The Kier molecular flexibility index (Phi) is 5.73. The second kappa shape index (κ2) is 5.99. The molecule has 0 bridgehead atoms. The van der Waals surface area contributed by atoms with Crippen molar-refractivity contribution in [1.82, 2.24) is 4.72 Å². The van der Waals surface area contributed by atoms with Crippen molar-refractivity contribution in [1.29, 1.82) is 0 Å². The summed E-state index contributed by atoms with van der Waals surface area (Å²) in [5.41, 5.74) is 4.87. The van der Waals surface area contributed by atoms with E-state index in [9.17, 15) is 9.59 Å². The van der Waals surface area contributed by atoms with Crippen LogP contribution in [0.1, 0.15) is 26.7 Å². The first kappa shape index (κ1) is 12.4. The Morgan fingerprint density at radius 3 is 2.38 bits per heavy atom. The molecule has 5 heteroatoms. The predicted molar refractivity (Wildman–Crippen MR) is 54.2 cm³/mol. The fourth-order valence-electron chi connectivity index (χ4n) is 0.959. The van der Waals surface area contributed by atoms with E-state index in [0.29, 0.717) is 12.3 Å². The maximum Gasteiger partial charge on any atom is 0.286 e. The minimum absolute atomic E-state index is 0.368. The van der Waals surface area contributed by atoms with E-state index >= 15 is 0 Å². The van der Waals surface area contributed by atoms with Crippen LogP contribution in [-0.4, -0.2) is 17.7 Å². The van der Waals surface area contributed by atoms with Crippen LogP contribution >= 0.6 is 12.8 Å². The number of primary amides is 1. The number of carbonyl (C=O) groups excluding carboxylic acids is 2. The van der Waals surface area contributed by atoms with E-state index < -0.39 is 17.7 Å². The lowest BCUT2D eigenvalue weighted by Crippen LogP contribution is -2.40. The number of Topliss-reactive ketones (excluding diaryl/α,β-unsaturated/α-hetero) is 1. The van der Waals surface area contributed by atoms with Crippen LogP contribution in [-0.2, 0) is 9.59 Å². The minimum Gasteiger partial charge on any atom is -0.363 e. The molecule has 2 atom stereocenters. The first-order valence-electron chi connectivity index (χ1n) is 4.26. The standard InChI is InChI=1S/C8H16N2O2S/c1-3-5(2)4-6(10-13)7(11)8(9)12/h5-6,10,13H,3-4H2,1-2H3,(H2,9,12). The van der Waals surface area contributed by atoms with Crippen molar-refractivity contribution >= 4 is 24.5 Å². The topological polar surface area (TPSA) is 72.2 Å². The van der Waals surface area contributed by atoms with Gasteiger partial charge in [-0.15, -0.1) is 0 Å². The number of rotatable bonds is 6. The summed E-state index contributed by atoms with van der Waals surface area (Å²) in [6.07, 6.45) is 1.54. The molecule has 0 saturated heterocycles. The normalized spacial score (nSPS) is 15.0. The third-order valence-electron chi connectivity index (χ3n) is 2.05. The Labute approximate surface area is 83.8 Å². The molecule has 0 rings (SSSR count). The number of nitrogens with one attached hydrogen (secondary N) is 1. The molecule has 13 heavy (non-hydrogen) atoms. The van der Waals surface area contributed by atoms with Crippen LogP contribution in [0.2, 0.25) is 0 Å². The molecule has 0 aliphatic carbocycles. The largest absolute Gasteiger partial charge is 0.363 e. The van der Waals surface area contributed by atoms with E-state index in [-0.39, 0.29) is 0 Å². The van der Waals surface area contributed by atoms with Gasteiger partial charge in [0.1, 0.15) is 0 Å². The van der Waals surface area contributed by atoms with Crippen LogP contribution in [0.25, 0.3) is 0 Å². The zero-order valence-corrected chi connectivity index (χ0v) is 8.80. The Bertz CT molecular complexity index is 197. The lowest BCUT2D eigenvalue weighted by Gasteiger charge is -2.15. The van der Waals surface area contributed by atoms with Crippen LogP contribution in [0.15, 0.2) is 0 Å². The summed E-state index contributed by atoms with van der Waals surface area (Å²) in [5, 5.41) is 0. The van der Waals surface area contributed by atoms with Gasteiger partial charge in [-0.1, -0.05) is 33.1 Å². The molecule has 0 aliphatic heterocycles. The Balaban J connectivity index is 4.18. The molecule has 0 radical (unpaired) electrons. The molecule has 0 spiro atoms. The molecule has 0 heterocycles. The molecule has 0 aromatic heterocycles. The van der Waals surface area contributed by atoms with Gasteiger partial charge in [-0.05, 0) is 12.3 Å². The summed E-state index contributed by atoms with van der Waals surface area (Å²) in [5.74, 6) is -1.14. The molecule has 0 aliphatic rings. The molecular weight excluding hydrogens is 188 g/mol. The fraction of sp³-hybridized carbons (Fsp3) is 0.750. The highest BCUT2D eigenvalue weighted by Crippen LogP contribution is 2.10. The predicted octanol–water partition coefficient (Wildman–Crippen LogP) is 0.280. The SMILES string of the molecule is CCC(C)CC(NS)C(=O)C(N)=O. The van der Waals surface area contributed by atoms with Crippen molar-refractivity contribution in [3.05, 3.63) is 0 Å². The minimum atomic E-state index is -0.908. The van der Waals surface area contributed by atoms with E-state index in [1.165, 1.54) is 0 Å². The zero-order valence-electron chi connectivity index (χ0n) is 7.91. The highest BCUT2D eigenvalue weighted by Gasteiger charge is 2.23. The summed E-state index contributed by atoms with van der Waals surface area (Å²) in [7, 11) is 0. The van der Waals surface area contributed by atoms with Gasteiger partial charge in [-0.2, -0.15) is 0 Å². The summed E-state index contributed by atoms with van der Waals surface area (Å²) in [6.45, 7) is 4.03. The van der Waals surface area contributed by atoms with Crippen molar-refractivity contribution in [2.24, 2.45) is 11.7 Å². The van der Waals surface area contributed by atoms with Gasteiger partial charge in [0.2, 0.25) is 5.78 Å². The van der Waals surface area contributed by atoms with E-state index in [0.717, 1.165) is 6.42 Å². The van der Waals surface area contributed by atoms with Crippen molar-refractivity contribution in [3.63, 3.8) is 0 Å². The average Bonchev–Trinajstić information content (AvgIpc) is 2.12. The second-order valence-corrected chi connectivity index (χ2v) is 3.42. The third-order valence-corrected chi connectivity index (χ3v) is 2.36. The number of thiol groups is 1. The lowest BCUT2D eigenvalue weighted by molar-refractivity contribution is -0.137. The smallest absolute Gasteiger partial charge is 0.286 e. The van der Waals surface area contributed by atoms with E-state index in [1.54, 1.807) is 0 Å². The maximum atomic E-state index is 11.1. The molecule has 3 N–H and O–H groups in total. The fourth-order valence-corrected chi connectivity index (χ4v) is 1.18. The number of hydrogen-bond acceptors (Lipinski definition) is 4. The molecule has 1 amide bonds. The van der Waals surface area contributed by atoms with Gasteiger partial charge in [-0.25, -0.2) is 0 Å². The van der Waals surface area contributed by atoms with Crippen LogP contribution in [0.3, 0.4) is 0 Å². The molecule has 0 saturated carbocycles. The second-order valence-electron chi connectivity index (χ2n) is 3.16. The zero-order chi connectivity index (χ0) is 10.4. The van der Waals surface area contributed by atoms with Gasteiger partial charge >= 0.3 is 0 Å². The molecule has 4 nitrogen and oxygen atoms in total. The summed E-state index contributed by atoms with van der Waals surface area (Å²) in [4.78, 5) is 21.7. The number of nitrogens with two attached hydrogens (primary N) is 1. The summed E-state index contributed by atoms with van der Waals surface area (Å²) in [6, 6.07) is -0.559. The average molecular weight is 204 g/mol. The van der Waals surface area contributed by atoms with Gasteiger partial charge in [0.15, 0.2) is 0 Å². The Morgan fingerprint density at radius 1 is 1.54 bits per heavy atom. The number of carbonyl (C=O) groups is 2.